The number of hydrogen-bond acceptors (Lipinski definition) is 4. The highest BCUT2D eigenvalue weighted by atomic mass is 16.1. The number of nitrogen functional groups attached to an aromatic ring is 1. The molecule has 0 fully saturated rings. The fourth-order valence-electron chi connectivity index (χ4n) is 1.99. The Hall–Kier alpha value is -1.78. The van der Waals surface area contributed by atoms with Crippen molar-refractivity contribution < 1.29 is 4.79 Å². The Balaban J connectivity index is 3.04. The molecule has 1 unspecified atom stereocenters. The zero-order chi connectivity index (χ0) is 13.9. The van der Waals surface area contributed by atoms with Gasteiger partial charge in [0.2, 0.25) is 0 Å². The highest BCUT2D eigenvalue weighted by molar-refractivity contribution is 5.98. The summed E-state index contributed by atoms with van der Waals surface area (Å²) >= 11 is 0. The summed E-state index contributed by atoms with van der Waals surface area (Å²) < 4.78 is 0. The second kappa shape index (κ2) is 5.71. The summed E-state index contributed by atoms with van der Waals surface area (Å²) in [7, 11) is 1.91. The number of nitrogens with zero attached hydrogens (tertiary/aromatic N) is 2. The lowest BCUT2D eigenvalue weighted by molar-refractivity contribution is 0.100. The Morgan fingerprint density at radius 2 is 2.06 bits per heavy atom. The number of nitrogens with two attached hydrogens (primary N) is 2. The van der Waals surface area contributed by atoms with Crippen molar-refractivity contribution in [1.29, 1.82) is 0 Å². The van der Waals surface area contributed by atoms with Gasteiger partial charge in [-0.3, -0.25) is 4.79 Å². The maximum Gasteiger partial charge on any atom is 0.252 e. The normalized spacial score (nSPS) is 12.5. The van der Waals surface area contributed by atoms with Crippen LogP contribution in [0.1, 0.15) is 37.6 Å². The Labute approximate surface area is 108 Å². The van der Waals surface area contributed by atoms with Gasteiger partial charge in [-0.15, -0.1) is 0 Å². The minimum absolute atomic E-state index is 0.277. The largest absolute Gasteiger partial charge is 0.397 e. The molecule has 0 bridgehead atoms. The van der Waals surface area contributed by atoms with E-state index in [2.05, 4.69) is 25.8 Å². The monoisotopic (exact) mass is 250 g/mol. The highest BCUT2D eigenvalue weighted by Crippen LogP contribution is 2.22. The van der Waals surface area contributed by atoms with Crippen molar-refractivity contribution in [3.05, 3.63) is 17.8 Å². The van der Waals surface area contributed by atoms with E-state index in [0.717, 1.165) is 6.42 Å². The molecule has 0 aliphatic carbocycles. The Kier molecular flexibility index (Phi) is 4.53. The average molecular weight is 250 g/mol. The number of primary amides is 1. The quantitative estimate of drug-likeness (QED) is 0.831. The van der Waals surface area contributed by atoms with E-state index in [1.807, 2.05) is 11.9 Å². The summed E-state index contributed by atoms with van der Waals surface area (Å²) in [5.74, 6) is 0.659. The van der Waals surface area contributed by atoms with Gasteiger partial charge in [-0.05, 0) is 25.3 Å². The third-order valence-corrected chi connectivity index (χ3v) is 2.96. The first-order valence-corrected chi connectivity index (χ1v) is 6.11. The Morgan fingerprint density at radius 1 is 1.44 bits per heavy atom. The number of amides is 1. The molecule has 4 N–H and O–H groups in total. The number of anilines is 2. The molecule has 0 aliphatic heterocycles. The topological polar surface area (TPSA) is 85.2 Å². The molecule has 1 atom stereocenters. The highest BCUT2D eigenvalue weighted by Gasteiger charge is 2.18. The number of pyridine rings is 1. The van der Waals surface area contributed by atoms with Gasteiger partial charge in [-0.2, -0.15) is 0 Å². The molecule has 0 spiro atoms. The third-order valence-electron chi connectivity index (χ3n) is 2.96. The van der Waals surface area contributed by atoms with Gasteiger partial charge in [0.15, 0.2) is 0 Å². The minimum atomic E-state index is -0.506. The molecular formula is C13H22N4O. The lowest BCUT2D eigenvalue weighted by Crippen LogP contribution is -2.33. The second-order valence-corrected chi connectivity index (χ2v) is 5.09. The van der Waals surface area contributed by atoms with Crippen molar-refractivity contribution in [2.24, 2.45) is 11.7 Å². The number of carbonyl (C=O) groups is 1. The van der Waals surface area contributed by atoms with Gasteiger partial charge in [0.05, 0.1) is 17.4 Å². The van der Waals surface area contributed by atoms with E-state index in [9.17, 15) is 4.79 Å². The lowest BCUT2D eigenvalue weighted by atomic mass is 10.0. The summed E-state index contributed by atoms with van der Waals surface area (Å²) in [6.45, 7) is 6.42. The van der Waals surface area contributed by atoms with Crippen LogP contribution in [0.2, 0.25) is 0 Å². The van der Waals surface area contributed by atoms with Crippen molar-refractivity contribution in [3.63, 3.8) is 0 Å². The molecule has 1 aromatic rings. The predicted octanol–water partition coefficient (Wildman–Crippen LogP) is 1.63. The van der Waals surface area contributed by atoms with Crippen LogP contribution in [-0.2, 0) is 0 Å². The lowest BCUT2D eigenvalue weighted by Gasteiger charge is -2.28. The van der Waals surface area contributed by atoms with Gasteiger partial charge in [0.1, 0.15) is 5.82 Å². The van der Waals surface area contributed by atoms with E-state index in [4.69, 9.17) is 11.5 Å². The van der Waals surface area contributed by atoms with E-state index < -0.39 is 5.91 Å². The molecule has 0 saturated carbocycles. The zero-order valence-corrected chi connectivity index (χ0v) is 11.5. The van der Waals surface area contributed by atoms with Crippen molar-refractivity contribution >= 4 is 17.4 Å². The van der Waals surface area contributed by atoms with E-state index in [0.29, 0.717) is 23.0 Å². The number of aromatic nitrogens is 1. The SMILES string of the molecule is CC(C)CC(C)N(C)c1ncc(N)cc1C(N)=O. The van der Waals surface area contributed by atoms with Gasteiger partial charge in [-0.25, -0.2) is 4.98 Å². The molecule has 1 amide bonds. The van der Waals surface area contributed by atoms with Crippen LogP contribution in [0.5, 0.6) is 0 Å². The molecular weight excluding hydrogens is 228 g/mol. The summed E-state index contributed by atoms with van der Waals surface area (Å²) in [4.78, 5) is 17.6. The Morgan fingerprint density at radius 3 is 2.56 bits per heavy atom. The van der Waals surface area contributed by atoms with Gasteiger partial charge in [0, 0.05) is 13.1 Å². The van der Waals surface area contributed by atoms with Gasteiger partial charge in [0.25, 0.3) is 5.91 Å². The summed E-state index contributed by atoms with van der Waals surface area (Å²) in [6.07, 6.45) is 2.56. The van der Waals surface area contributed by atoms with Crippen molar-refractivity contribution in [2.45, 2.75) is 33.2 Å². The van der Waals surface area contributed by atoms with E-state index in [1.54, 1.807) is 12.3 Å². The zero-order valence-electron chi connectivity index (χ0n) is 11.5. The molecule has 1 rings (SSSR count). The van der Waals surface area contributed by atoms with Crippen LogP contribution >= 0.6 is 0 Å². The standard InChI is InChI=1S/C13H22N4O/c1-8(2)5-9(3)17(4)13-11(12(15)18)6-10(14)7-16-13/h6-9H,5,14H2,1-4H3,(H2,15,18). The smallest absolute Gasteiger partial charge is 0.252 e. The molecule has 100 valence electrons. The Bertz CT molecular complexity index is 431. The second-order valence-electron chi connectivity index (χ2n) is 5.09. The third kappa shape index (κ3) is 3.35. The van der Waals surface area contributed by atoms with Crippen LogP contribution in [0, 0.1) is 5.92 Å². The number of rotatable bonds is 5. The first-order valence-electron chi connectivity index (χ1n) is 6.11. The van der Waals surface area contributed by atoms with Crippen LogP contribution in [0.3, 0.4) is 0 Å². The summed E-state index contributed by atoms with van der Waals surface area (Å²) in [5, 5.41) is 0. The summed E-state index contributed by atoms with van der Waals surface area (Å²) in [6, 6.07) is 1.85. The molecule has 1 heterocycles. The molecule has 0 radical (unpaired) electrons. The van der Waals surface area contributed by atoms with E-state index in [-0.39, 0.29) is 6.04 Å². The fraction of sp³-hybridized carbons (Fsp3) is 0.538. The fourth-order valence-corrected chi connectivity index (χ4v) is 1.99. The first-order chi connectivity index (χ1) is 8.32. The first kappa shape index (κ1) is 14.3. The van der Waals surface area contributed by atoms with Crippen LogP contribution in [-0.4, -0.2) is 24.0 Å². The average Bonchev–Trinajstić information content (AvgIpc) is 2.26. The number of hydrogen-bond donors (Lipinski definition) is 2. The molecule has 0 aromatic carbocycles. The maximum atomic E-state index is 11.4. The van der Waals surface area contributed by atoms with Crippen LogP contribution in [0.4, 0.5) is 11.5 Å². The molecule has 18 heavy (non-hydrogen) atoms. The molecule has 5 heteroatoms. The predicted molar refractivity (Wildman–Crippen MR) is 74.5 cm³/mol. The van der Waals surface area contributed by atoms with Crippen LogP contribution in [0.15, 0.2) is 12.3 Å². The van der Waals surface area contributed by atoms with Gasteiger partial charge < -0.3 is 16.4 Å². The molecule has 5 nitrogen and oxygen atoms in total. The van der Waals surface area contributed by atoms with Crippen molar-refractivity contribution in [1.82, 2.24) is 4.98 Å². The maximum absolute atomic E-state index is 11.4. The molecule has 0 aliphatic rings. The minimum Gasteiger partial charge on any atom is -0.397 e. The van der Waals surface area contributed by atoms with Crippen molar-refractivity contribution in [3.8, 4) is 0 Å². The van der Waals surface area contributed by atoms with Crippen molar-refractivity contribution in [2.75, 3.05) is 17.7 Å². The molecule has 0 saturated heterocycles. The number of carbonyl (C=O) groups excluding carboxylic acids is 1. The summed E-state index contributed by atoms with van der Waals surface area (Å²) in [5.41, 5.74) is 11.8. The molecule has 1 aromatic heterocycles. The van der Waals surface area contributed by atoms with Crippen LogP contribution < -0.4 is 16.4 Å². The van der Waals surface area contributed by atoms with Crippen LogP contribution in [0.25, 0.3) is 0 Å². The van der Waals surface area contributed by atoms with Gasteiger partial charge in [-0.1, -0.05) is 13.8 Å². The van der Waals surface area contributed by atoms with E-state index >= 15 is 0 Å². The van der Waals surface area contributed by atoms with E-state index in [1.165, 1.54) is 0 Å². The van der Waals surface area contributed by atoms with Gasteiger partial charge >= 0.3 is 0 Å².